The largest absolute Gasteiger partial charge is 0.433 e. The third kappa shape index (κ3) is 3.25. The number of ether oxygens (including phenoxy) is 1. The highest BCUT2D eigenvalue weighted by Gasteiger charge is 2.33. The van der Waals surface area contributed by atoms with E-state index in [1.807, 2.05) is 34.4 Å². The third-order valence-corrected chi connectivity index (χ3v) is 3.25. The zero-order valence-corrected chi connectivity index (χ0v) is 11.8. The van der Waals surface area contributed by atoms with Gasteiger partial charge in [0.1, 0.15) is 11.5 Å². The van der Waals surface area contributed by atoms with E-state index in [4.69, 9.17) is 4.74 Å². The van der Waals surface area contributed by atoms with Gasteiger partial charge in [-0.05, 0) is 41.6 Å². The molecule has 0 spiro atoms. The average molecular weight is 372 g/mol. The van der Waals surface area contributed by atoms with Gasteiger partial charge in [-0.15, -0.1) is 0 Å². The molecular formula is C11H12F3IN2O. The number of pyridine rings is 1. The summed E-state index contributed by atoms with van der Waals surface area (Å²) in [6.07, 6.45) is -4.40. The fraction of sp³-hybridized carbons (Fsp3) is 0.545. The molecule has 100 valence electrons. The number of alkyl halides is 3. The first kappa shape index (κ1) is 13.9. The Kier molecular flexibility index (Phi) is 4.00. The van der Waals surface area contributed by atoms with E-state index in [0.717, 1.165) is 6.07 Å². The van der Waals surface area contributed by atoms with Crippen LogP contribution in [0.15, 0.2) is 12.1 Å². The first-order valence-electron chi connectivity index (χ1n) is 5.47. The summed E-state index contributed by atoms with van der Waals surface area (Å²) in [6.45, 7) is 3.53. The minimum atomic E-state index is -4.41. The van der Waals surface area contributed by atoms with Gasteiger partial charge in [-0.2, -0.15) is 13.2 Å². The average Bonchev–Trinajstić information content (AvgIpc) is 2.27. The molecule has 2 rings (SSSR count). The summed E-state index contributed by atoms with van der Waals surface area (Å²) >= 11 is 1.87. The quantitative estimate of drug-likeness (QED) is 0.709. The number of anilines is 1. The van der Waals surface area contributed by atoms with Crippen LogP contribution in [-0.2, 0) is 10.9 Å². The standard InChI is InChI=1S/C11H12F3IN2O/c1-7-6-17(2-3-18-7)10-5-8(15)4-9(16-10)11(12,13)14/h4-5,7H,2-3,6H2,1H3. The number of halogens is 4. The number of nitrogens with zero attached hydrogens (tertiary/aromatic N) is 2. The second-order valence-corrected chi connectivity index (χ2v) is 5.40. The molecule has 0 N–H and O–H groups in total. The van der Waals surface area contributed by atoms with Gasteiger partial charge in [0.05, 0.1) is 12.7 Å². The topological polar surface area (TPSA) is 25.4 Å². The number of aromatic nitrogens is 1. The number of hydrogen-bond acceptors (Lipinski definition) is 3. The maximum Gasteiger partial charge on any atom is 0.433 e. The molecule has 0 aliphatic carbocycles. The molecule has 3 nitrogen and oxygen atoms in total. The fourth-order valence-corrected chi connectivity index (χ4v) is 2.39. The van der Waals surface area contributed by atoms with Gasteiger partial charge < -0.3 is 9.64 Å². The molecule has 1 aliphatic heterocycles. The second kappa shape index (κ2) is 5.20. The van der Waals surface area contributed by atoms with Crippen molar-refractivity contribution in [2.45, 2.75) is 19.2 Å². The van der Waals surface area contributed by atoms with Crippen LogP contribution >= 0.6 is 22.6 Å². The van der Waals surface area contributed by atoms with Gasteiger partial charge in [0.25, 0.3) is 0 Å². The van der Waals surface area contributed by atoms with Crippen molar-refractivity contribution < 1.29 is 17.9 Å². The van der Waals surface area contributed by atoms with E-state index in [0.29, 0.717) is 29.1 Å². The Hall–Kier alpha value is -0.570. The van der Waals surface area contributed by atoms with Crippen molar-refractivity contribution in [3.05, 3.63) is 21.4 Å². The van der Waals surface area contributed by atoms with Gasteiger partial charge in [-0.1, -0.05) is 0 Å². The van der Waals surface area contributed by atoms with Crippen molar-refractivity contribution in [3.63, 3.8) is 0 Å². The smallest absolute Gasteiger partial charge is 0.375 e. The Balaban J connectivity index is 2.30. The normalized spacial score (nSPS) is 21.2. The van der Waals surface area contributed by atoms with Crippen molar-refractivity contribution in [1.82, 2.24) is 4.98 Å². The number of morpholine rings is 1. The Labute approximate surface area is 116 Å². The SMILES string of the molecule is CC1CN(c2cc(I)cc(C(F)(F)F)n2)CCO1. The maximum atomic E-state index is 12.7. The summed E-state index contributed by atoms with van der Waals surface area (Å²) in [5.74, 6) is 0.365. The molecule has 1 aromatic rings. The molecule has 7 heteroatoms. The van der Waals surface area contributed by atoms with Crippen LogP contribution < -0.4 is 4.90 Å². The van der Waals surface area contributed by atoms with E-state index in [9.17, 15) is 13.2 Å². The van der Waals surface area contributed by atoms with Crippen LogP contribution in [0.3, 0.4) is 0 Å². The third-order valence-electron chi connectivity index (χ3n) is 2.63. The summed E-state index contributed by atoms with van der Waals surface area (Å²) in [5, 5.41) is 0. The van der Waals surface area contributed by atoms with Crippen molar-refractivity contribution in [2.75, 3.05) is 24.6 Å². The summed E-state index contributed by atoms with van der Waals surface area (Å²) in [5.41, 5.74) is -0.844. The van der Waals surface area contributed by atoms with Crippen molar-refractivity contribution in [2.24, 2.45) is 0 Å². The van der Waals surface area contributed by atoms with E-state index in [1.54, 1.807) is 6.07 Å². The highest BCUT2D eigenvalue weighted by molar-refractivity contribution is 14.1. The number of hydrogen-bond donors (Lipinski definition) is 0. The first-order valence-corrected chi connectivity index (χ1v) is 6.55. The molecule has 1 saturated heterocycles. The van der Waals surface area contributed by atoms with Gasteiger partial charge in [0, 0.05) is 16.7 Å². The Morgan fingerprint density at radius 3 is 2.78 bits per heavy atom. The van der Waals surface area contributed by atoms with Gasteiger partial charge >= 0.3 is 6.18 Å². The molecule has 0 radical (unpaired) electrons. The molecule has 0 aromatic carbocycles. The van der Waals surface area contributed by atoms with E-state index in [1.165, 1.54) is 0 Å². The molecular weight excluding hydrogens is 360 g/mol. The van der Waals surface area contributed by atoms with Crippen LogP contribution in [0.4, 0.5) is 19.0 Å². The van der Waals surface area contributed by atoms with Gasteiger partial charge in [0.2, 0.25) is 0 Å². The minimum absolute atomic E-state index is 0.00718. The van der Waals surface area contributed by atoms with Crippen LogP contribution in [0.2, 0.25) is 0 Å². The summed E-state index contributed by atoms with van der Waals surface area (Å²) in [7, 11) is 0. The van der Waals surface area contributed by atoms with Gasteiger partial charge in [-0.25, -0.2) is 4.98 Å². The Bertz CT molecular complexity index is 439. The van der Waals surface area contributed by atoms with E-state index >= 15 is 0 Å². The van der Waals surface area contributed by atoms with Crippen LogP contribution in [0, 0.1) is 3.57 Å². The maximum absolute atomic E-state index is 12.7. The van der Waals surface area contributed by atoms with Crippen molar-refractivity contribution in [1.29, 1.82) is 0 Å². The molecule has 0 saturated carbocycles. The van der Waals surface area contributed by atoms with Gasteiger partial charge in [-0.3, -0.25) is 0 Å². The molecule has 1 fully saturated rings. The van der Waals surface area contributed by atoms with Crippen LogP contribution in [0.5, 0.6) is 0 Å². The van der Waals surface area contributed by atoms with E-state index in [-0.39, 0.29) is 6.10 Å². The predicted molar refractivity (Wildman–Crippen MR) is 69.6 cm³/mol. The van der Waals surface area contributed by atoms with E-state index < -0.39 is 11.9 Å². The van der Waals surface area contributed by atoms with Crippen LogP contribution in [-0.4, -0.2) is 30.8 Å². The molecule has 18 heavy (non-hydrogen) atoms. The molecule has 1 unspecified atom stereocenters. The molecule has 0 amide bonds. The minimum Gasteiger partial charge on any atom is -0.375 e. The van der Waals surface area contributed by atoms with E-state index in [2.05, 4.69) is 4.98 Å². The van der Waals surface area contributed by atoms with Crippen molar-refractivity contribution >= 4 is 28.4 Å². The first-order chi connectivity index (χ1) is 8.36. The predicted octanol–water partition coefficient (Wildman–Crippen LogP) is 2.93. The highest BCUT2D eigenvalue weighted by Crippen LogP contribution is 2.31. The molecule has 0 bridgehead atoms. The number of rotatable bonds is 1. The lowest BCUT2D eigenvalue weighted by Crippen LogP contribution is -2.41. The van der Waals surface area contributed by atoms with Gasteiger partial charge in [0.15, 0.2) is 0 Å². The summed E-state index contributed by atoms with van der Waals surface area (Å²) in [6, 6.07) is 2.71. The molecule has 2 heterocycles. The second-order valence-electron chi connectivity index (χ2n) is 4.15. The fourth-order valence-electron chi connectivity index (χ4n) is 1.82. The summed E-state index contributed by atoms with van der Waals surface area (Å²) < 4.78 is 43.9. The Morgan fingerprint density at radius 2 is 2.17 bits per heavy atom. The summed E-state index contributed by atoms with van der Waals surface area (Å²) in [4.78, 5) is 5.53. The van der Waals surface area contributed by atoms with Crippen LogP contribution in [0.1, 0.15) is 12.6 Å². The zero-order valence-electron chi connectivity index (χ0n) is 9.67. The molecule has 1 atom stereocenters. The molecule has 1 aliphatic rings. The lowest BCUT2D eigenvalue weighted by molar-refractivity contribution is -0.141. The zero-order chi connectivity index (χ0) is 13.3. The highest BCUT2D eigenvalue weighted by atomic mass is 127. The van der Waals surface area contributed by atoms with Crippen molar-refractivity contribution in [3.8, 4) is 0 Å². The monoisotopic (exact) mass is 372 g/mol. The lowest BCUT2D eigenvalue weighted by Gasteiger charge is -2.32. The molecule has 1 aromatic heterocycles. The van der Waals surface area contributed by atoms with Crippen LogP contribution in [0.25, 0.3) is 0 Å². The lowest BCUT2D eigenvalue weighted by atomic mass is 10.2. The Morgan fingerprint density at radius 1 is 1.44 bits per heavy atom.